The summed E-state index contributed by atoms with van der Waals surface area (Å²) in [6, 6.07) is 8.88. The van der Waals surface area contributed by atoms with Crippen molar-refractivity contribution in [3.63, 3.8) is 0 Å². The summed E-state index contributed by atoms with van der Waals surface area (Å²) < 4.78 is 7.35. The van der Waals surface area contributed by atoms with Crippen molar-refractivity contribution in [2.75, 3.05) is 0 Å². The zero-order valence-electron chi connectivity index (χ0n) is 11.9. The second kappa shape index (κ2) is 5.40. The minimum absolute atomic E-state index is 0.239. The molecule has 1 N–H and O–H groups in total. The fourth-order valence-corrected chi connectivity index (χ4v) is 2.07. The number of benzene rings is 1. The number of amides is 1. The van der Waals surface area contributed by atoms with E-state index in [0.29, 0.717) is 17.2 Å². The highest BCUT2D eigenvalue weighted by molar-refractivity contribution is 5.92. The smallest absolute Gasteiger partial charge is 0.272 e. The van der Waals surface area contributed by atoms with Crippen LogP contribution in [-0.2, 0) is 6.54 Å². The Kier molecular flexibility index (Phi) is 3.43. The highest BCUT2D eigenvalue weighted by Gasteiger charge is 2.18. The molecule has 3 aromatic rings. The Labute approximate surface area is 121 Å². The van der Waals surface area contributed by atoms with Crippen LogP contribution in [0, 0.1) is 0 Å². The van der Waals surface area contributed by atoms with Gasteiger partial charge in [0.15, 0.2) is 5.58 Å². The average molecular weight is 284 g/mol. The third kappa shape index (κ3) is 2.65. The van der Waals surface area contributed by atoms with Crippen molar-refractivity contribution in [1.82, 2.24) is 20.1 Å². The van der Waals surface area contributed by atoms with E-state index in [9.17, 15) is 4.79 Å². The molecular weight excluding hydrogens is 268 g/mol. The molecule has 108 valence electrons. The molecule has 2 heterocycles. The molecular formula is C15H16N4O2. The average Bonchev–Trinajstić information content (AvgIpc) is 3.13. The van der Waals surface area contributed by atoms with Crippen LogP contribution in [0.15, 0.2) is 40.9 Å². The van der Waals surface area contributed by atoms with Gasteiger partial charge in [-0.15, -0.1) is 0 Å². The van der Waals surface area contributed by atoms with E-state index in [4.69, 9.17) is 4.42 Å². The van der Waals surface area contributed by atoms with E-state index < -0.39 is 0 Å². The Balaban J connectivity index is 1.75. The van der Waals surface area contributed by atoms with Crippen LogP contribution in [-0.4, -0.2) is 20.7 Å². The van der Waals surface area contributed by atoms with Gasteiger partial charge in [-0.3, -0.25) is 9.48 Å². The predicted molar refractivity (Wildman–Crippen MR) is 77.8 cm³/mol. The van der Waals surface area contributed by atoms with E-state index in [2.05, 4.69) is 15.4 Å². The fourth-order valence-electron chi connectivity index (χ4n) is 2.07. The van der Waals surface area contributed by atoms with E-state index in [1.807, 2.05) is 38.1 Å². The van der Waals surface area contributed by atoms with Crippen LogP contribution in [0.4, 0.5) is 0 Å². The summed E-state index contributed by atoms with van der Waals surface area (Å²) in [7, 11) is 0. The molecule has 0 saturated carbocycles. The first-order valence-electron chi connectivity index (χ1n) is 6.87. The Morgan fingerprint density at radius 2 is 2.19 bits per heavy atom. The number of carbonyl (C=O) groups is 1. The molecule has 21 heavy (non-hydrogen) atoms. The topological polar surface area (TPSA) is 73.0 Å². The van der Waals surface area contributed by atoms with Crippen LogP contribution >= 0.6 is 0 Å². The van der Waals surface area contributed by atoms with Crippen LogP contribution in [0.25, 0.3) is 11.1 Å². The van der Waals surface area contributed by atoms with Gasteiger partial charge in [0, 0.05) is 12.7 Å². The van der Waals surface area contributed by atoms with Gasteiger partial charge in [0.2, 0.25) is 5.89 Å². The summed E-state index contributed by atoms with van der Waals surface area (Å²) in [6.07, 6.45) is 1.78. The van der Waals surface area contributed by atoms with Gasteiger partial charge in [-0.25, -0.2) is 4.98 Å². The predicted octanol–water partition coefficient (Wildman–Crippen LogP) is 2.54. The lowest BCUT2D eigenvalue weighted by molar-refractivity contribution is 0.0928. The molecule has 0 radical (unpaired) electrons. The number of nitrogens with one attached hydrogen (secondary N) is 1. The molecule has 0 fully saturated rings. The molecule has 1 unspecified atom stereocenters. The first-order valence-corrected chi connectivity index (χ1v) is 6.87. The van der Waals surface area contributed by atoms with Crippen LogP contribution in [0.2, 0.25) is 0 Å². The largest absolute Gasteiger partial charge is 0.438 e. The van der Waals surface area contributed by atoms with Gasteiger partial charge in [-0.2, -0.15) is 5.10 Å². The molecule has 0 aliphatic carbocycles. The summed E-state index contributed by atoms with van der Waals surface area (Å²) in [5.41, 5.74) is 1.88. The zero-order valence-corrected chi connectivity index (χ0v) is 11.9. The summed E-state index contributed by atoms with van der Waals surface area (Å²) in [4.78, 5) is 16.5. The lowest BCUT2D eigenvalue weighted by Gasteiger charge is -2.08. The van der Waals surface area contributed by atoms with Crippen molar-refractivity contribution >= 4 is 17.0 Å². The lowest BCUT2D eigenvalue weighted by atomic mass is 10.3. The van der Waals surface area contributed by atoms with E-state index in [0.717, 1.165) is 12.1 Å². The fraction of sp³-hybridized carbons (Fsp3) is 0.267. The van der Waals surface area contributed by atoms with Gasteiger partial charge in [0.25, 0.3) is 5.91 Å². The number of nitrogens with zero attached hydrogens (tertiary/aromatic N) is 3. The maximum Gasteiger partial charge on any atom is 0.272 e. The molecule has 0 spiro atoms. The molecule has 0 aliphatic rings. The molecule has 0 saturated heterocycles. The summed E-state index contributed by atoms with van der Waals surface area (Å²) in [6.45, 7) is 4.53. The van der Waals surface area contributed by atoms with Crippen molar-refractivity contribution in [3.05, 3.63) is 48.1 Å². The lowest BCUT2D eigenvalue weighted by Crippen LogP contribution is -2.27. The number of hydrogen-bond donors (Lipinski definition) is 1. The van der Waals surface area contributed by atoms with Crippen LogP contribution in [0.5, 0.6) is 0 Å². The molecule has 3 rings (SSSR count). The van der Waals surface area contributed by atoms with Crippen molar-refractivity contribution in [2.24, 2.45) is 0 Å². The van der Waals surface area contributed by atoms with Gasteiger partial charge in [0.05, 0.1) is 0 Å². The standard InChI is InChI=1S/C15H16N4O2/c1-3-19-9-8-12(18-19)14(20)16-10(2)15-17-11-6-4-5-7-13(11)21-15/h4-10H,3H2,1-2H3,(H,16,20). The normalized spacial score (nSPS) is 12.5. The SMILES string of the molecule is CCn1ccc(C(=O)NC(C)c2nc3ccccc3o2)n1. The number of hydrogen-bond acceptors (Lipinski definition) is 4. The molecule has 1 aromatic carbocycles. The maximum atomic E-state index is 12.1. The minimum atomic E-state index is -0.323. The number of aromatic nitrogens is 3. The monoisotopic (exact) mass is 284 g/mol. The zero-order chi connectivity index (χ0) is 14.8. The highest BCUT2D eigenvalue weighted by Crippen LogP contribution is 2.19. The highest BCUT2D eigenvalue weighted by atomic mass is 16.3. The quantitative estimate of drug-likeness (QED) is 0.799. The summed E-state index contributed by atoms with van der Waals surface area (Å²) >= 11 is 0. The molecule has 2 aromatic heterocycles. The Bertz CT molecular complexity index is 742. The van der Waals surface area contributed by atoms with Gasteiger partial charge in [-0.05, 0) is 32.0 Å². The number of rotatable bonds is 4. The Hall–Kier alpha value is -2.63. The first kappa shape index (κ1) is 13.4. The number of carbonyl (C=O) groups excluding carboxylic acids is 1. The van der Waals surface area contributed by atoms with E-state index in [1.54, 1.807) is 16.9 Å². The van der Waals surface area contributed by atoms with Crippen molar-refractivity contribution < 1.29 is 9.21 Å². The Morgan fingerprint density at radius 1 is 1.38 bits per heavy atom. The third-order valence-corrected chi connectivity index (χ3v) is 3.23. The minimum Gasteiger partial charge on any atom is -0.438 e. The van der Waals surface area contributed by atoms with Crippen molar-refractivity contribution in [2.45, 2.75) is 26.4 Å². The second-order valence-corrected chi connectivity index (χ2v) is 4.77. The number of fused-ring (bicyclic) bond motifs is 1. The van der Waals surface area contributed by atoms with Gasteiger partial charge in [-0.1, -0.05) is 12.1 Å². The van der Waals surface area contributed by atoms with Gasteiger partial charge >= 0.3 is 0 Å². The van der Waals surface area contributed by atoms with E-state index in [-0.39, 0.29) is 11.9 Å². The van der Waals surface area contributed by atoms with Crippen molar-refractivity contribution in [3.8, 4) is 0 Å². The van der Waals surface area contributed by atoms with Crippen LogP contribution < -0.4 is 5.32 Å². The number of oxazole rings is 1. The van der Waals surface area contributed by atoms with E-state index >= 15 is 0 Å². The molecule has 0 aliphatic heterocycles. The van der Waals surface area contributed by atoms with Gasteiger partial charge < -0.3 is 9.73 Å². The number of para-hydroxylation sites is 2. The van der Waals surface area contributed by atoms with Crippen LogP contribution in [0.3, 0.4) is 0 Å². The molecule has 1 atom stereocenters. The molecule has 6 nitrogen and oxygen atoms in total. The molecule has 1 amide bonds. The Morgan fingerprint density at radius 3 is 2.90 bits per heavy atom. The van der Waals surface area contributed by atoms with Crippen molar-refractivity contribution in [1.29, 1.82) is 0 Å². The van der Waals surface area contributed by atoms with Crippen LogP contribution in [0.1, 0.15) is 36.3 Å². The van der Waals surface area contributed by atoms with E-state index in [1.165, 1.54) is 0 Å². The third-order valence-electron chi connectivity index (χ3n) is 3.23. The second-order valence-electron chi connectivity index (χ2n) is 4.77. The summed E-state index contributed by atoms with van der Waals surface area (Å²) in [5, 5.41) is 7.01. The molecule has 0 bridgehead atoms. The first-order chi connectivity index (χ1) is 10.2. The molecule has 6 heteroatoms. The summed E-state index contributed by atoms with van der Waals surface area (Å²) in [5.74, 6) is 0.247. The number of aryl methyl sites for hydroxylation is 1. The van der Waals surface area contributed by atoms with Gasteiger partial charge in [0.1, 0.15) is 17.3 Å². The maximum absolute atomic E-state index is 12.1.